The third-order valence-electron chi connectivity index (χ3n) is 8.20. The summed E-state index contributed by atoms with van der Waals surface area (Å²) in [6.45, 7) is 4.27. The normalized spacial score (nSPS) is 11.6. The average Bonchev–Trinajstić information content (AvgIpc) is 3.05. The van der Waals surface area contributed by atoms with Gasteiger partial charge in [-0.3, -0.25) is 0 Å². The molecule has 0 fully saturated rings. The van der Waals surface area contributed by atoms with Crippen molar-refractivity contribution in [1.82, 2.24) is 9.97 Å². The predicted molar refractivity (Wildman–Crippen MR) is 183 cm³/mol. The van der Waals surface area contributed by atoms with Crippen molar-refractivity contribution in [3.63, 3.8) is 0 Å². The second-order valence-electron chi connectivity index (χ2n) is 11.3. The number of aromatic nitrogens is 2. The average molecular weight is 569 g/mol. The minimum Gasteiger partial charge on any atom is -0.247 e. The highest BCUT2D eigenvalue weighted by Gasteiger charge is 2.09. The Morgan fingerprint density at radius 1 is 0.395 bits per heavy atom. The van der Waals surface area contributed by atoms with Crippen LogP contribution in [0.25, 0.3) is 65.9 Å². The van der Waals surface area contributed by atoms with E-state index in [1.807, 2.05) is 0 Å². The van der Waals surface area contributed by atoms with Crippen LogP contribution in [-0.4, -0.2) is 9.97 Å². The van der Waals surface area contributed by atoms with E-state index in [1.54, 1.807) is 11.8 Å². The van der Waals surface area contributed by atoms with E-state index in [-0.39, 0.29) is 0 Å². The molecule has 0 atom stereocenters. The van der Waals surface area contributed by atoms with Crippen molar-refractivity contribution in [1.29, 1.82) is 0 Å². The van der Waals surface area contributed by atoms with E-state index in [9.17, 15) is 0 Å². The van der Waals surface area contributed by atoms with Crippen molar-refractivity contribution in [2.24, 2.45) is 0 Å². The topological polar surface area (TPSA) is 25.8 Å². The van der Waals surface area contributed by atoms with Gasteiger partial charge in [-0.05, 0) is 73.2 Å². The van der Waals surface area contributed by atoms with Crippen LogP contribution in [0.15, 0.2) is 143 Å². The maximum atomic E-state index is 5.09. The maximum Gasteiger partial charge on any atom is 0.0787 e. The van der Waals surface area contributed by atoms with Gasteiger partial charge in [0.05, 0.1) is 22.4 Å². The molecule has 0 aliphatic carbocycles. The fraction of sp³-hybridized carbons (Fsp3) is 0.0500. The summed E-state index contributed by atoms with van der Waals surface area (Å²) >= 11 is 1.77. The van der Waals surface area contributed by atoms with Gasteiger partial charge in [0.25, 0.3) is 0 Å². The van der Waals surface area contributed by atoms with Crippen LogP contribution in [0.4, 0.5) is 0 Å². The summed E-state index contributed by atoms with van der Waals surface area (Å²) in [6.07, 6.45) is 0. The Kier molecular flexibility index (Phi) is 6.20. The summed E-state index contributed by atoms with van der Waals surface area (Å²) in [5.74, 6) is 0. The molecule has 0 amide bonds. The van der Waals surface area contributed by atoms with E-state index >= 15 is 0 Å². The van der Waals surface area contributed by atoms with Crippen LogP contribution >= 0.6 is 11.8 Å². The van der Waals surface area contributed by atoms with E-state index in [0.29, 0.717) is 0 Å². The highest BCUT2D eigenvalue weighted by atomic mass is 32.2. The molecule has 3 heteroatoms. The minimum atomic E-state index is 0.994. The monoisotopic (exact) mass is 568 g/mol. The molecule has 6 aromatic carbocycles. The number of hydrogen-bond acceptors (Lipinski definition) is 3. The molecule has 8 rings (SSSR count). The molecule has 0 bridgehead atoms. The molecular weight excluding hydrogens is 541 g/mol. The van der Waals surface area contributed by atoms with Gasteiger partial charge in [-0.2, -0.15) is 0 Å². The molecule has 0 saturated heterocycles. The molecule has 0 aliphatic rings. The van der Waals surface area contributed by atoms with E-state index in [4.69, 9.17) is 9.97 Å². The number of rotatable bonds is 4. The van der Waals surface area contributed by atoms with Crippen LogP contribution in [0.3, 0.4) is 0 Å². The van der Waals surface area contributed by atoms with Gasteiger partial charge < -0.3 is 0 Å². The van der Waals surface area contributed by atoms with Crippen molar-refractivity contribution in [3.05, 3.63) is 145 Å². The molecule has 0 saturated carbocycles. The van der Waals surface area contributed by atoms with E-state index < -0.39 is 0 Å². The largest absolute Gasteiger partial charge is 0.247 e. The second kappa shape index (κ2) is 10.4. The van der Waals surface area contributed by atoms with Crippen LogP contribution in [0.2, 0.25) is 0 Å². The predicted octanol–water partition coefficient (Wildman–Crippen LogP) is 11.2. The van der Waals surface area contributed by atoms with E-state index in [2.05, 4.69) is 147 Å². The first-order valence-electron chi connectivity index (χ1n) is 14.6. The standard InChI is InChI=1S/C40H28N2S/c1-25-3-5-27-7-9-31-15-21-37(41-39(31)35(27)23-25)29-11-17-33(18-12-29)43-34-19-13-30(14-20-34)38-22-16-32-10-8-28-6-4-26(2)24-36(28)40(32)42-38/h3-24H,1-2H3. The molecule has 8 aromatic rings. The summed E-state index contributed by atoms with van der Waals surface area (Å²) in [7, 11) is 0. The molecule has 43 heavy (non-hydrogen) atoms. The SMILES string of the molecule is Cc1ccc2ccc3ccc(-c4ccc(Sc5ccc(-c6ccc7ccc8ccc(C)cc8c7n6)cc5)cc4)nc3c2c1. The molecule has 204 valence electrons. The molecule has 0 unspecified atom stereocenters. The lowest BCUT2D eigenvalue weighted by atomic mass is 10.0. The van der Waals surface area contributed by atoms with Gasteiger partial charge in [0, 0.05) is 42.5 Å². The summed E-state index contributed by atoms with van der Waals surface area (Å²) in [4.78, 5) is 12.6. The maximum absolute atomic E-state index is 5.09. The summed E-state index contributed by atoms with van der Waals surface area (Å²) in [5.41, 5.74) is 8.84. The Hall–Kier alpha value is -4.99. The fourth-order valence-corrected chi connectivity index (χ4v) is 6.70. The Balaban J connectivity index is 1.04. The molecule has 0 N–H and O–H groups in total. The van der Waals surface area contributed by atoms with Crippen molar-refractivity contribution >= 4 is 55.1 Å². The third-order valence-corrected chi connectivity index (χ3v) is 9.22. The van der Waals surface area contributed by atoms with Crippen molar-refractivity contribution in [2.75, 3.05) is 0 Å². The Morgan fingerprint density at radius 3 is 1.21 bits per heavy atom. The zero-order valence-electron chi connectivity index (χ0n) is 24.0. The van der Waals surface area contributed by atoms with Crippen LogP contribution in [-0.2, 0) is 0 Å². The Labute approximate surface area is 255 Å². The van der Waals surface area contributed by atoms with Crippen LogP contribution in [0.1, 0.15) is 11.1 Å². The van der Waals surface area contributed by atoms with Gasteiger partial charge in [0.1, 0.15) is 0 Å². The van der Waals surface area contributed by atoms with Crippen molar-refractivity contribution in [2.45, 2.75) is 23.6 Å². The summed E-state index contributed by atoms with van der Waals surface area (Å²) in [6, 6.07) is 47.8. The minimum absolute atomic E-state index is 0.994. The summed E-state index contributed by atoms with van der Waals surface area (Å²) in [5, 5.41) is 7.19. The molecule has 2 nitrogen and oxygen atoms in total. The zero-order valence-corrected chi connectivity index (χ0v) is 24.8. The first-order valence-corrected chi connectivity index (χ1v) is 15.4. The Morgan fingerprint density at radius 2 is 0.767 bits per heavy atom. The first kappa shape index (κ1) is 25.7. The van der Waals surface area contributed by atoms with Crippen LogP contribution in [0.5, 0.6) is 0 Å². The lowest BCUT2D eigenvalue weighted by molar-refractivity contribution is 1.36. The lowest BCUT2D eigenvalue weighted by Gasteiger charge is -2.09. The van der Waals surface area contributed by atoms with Gasteiger partial charge >= 0.3 is 0 Å². The van der Waals surface area contributed by atoms with Crippen LogP contribution < -0.4 is 0 Å². The van der Waals surface area contributed by atoms with E-state index in [1.165, 1.54) is 53.2 Å². The third kappa shape index (κ3) is 4.82. The number of fused-ring (bicyclic) bond motifs is 6. The fourth-order valence-electron chi connectivity index (χ4n) is 5.89. The quantitative estimate of drug-likeness (QED) is 0.198. The number of benzene rings is 6. The zero-order chi connectivity index (χ0) is 28.9. The van der Waals surface area contributed by atoms with Gasteiger partial charge in [-0.25, -0.2) is 9.97 Å². The molecular formula is C40H28N2S. The number of hydrogen-bond donors (Lipinski definition) is 0. The van der Waals surface area contributed by atoms with Gasteiger partial charge in [0.15, 0.2) is 0 Å². The van der Waals surface area contributed by atoms with Crippen LogP contribution in [0, 0.1) is 13.8 Å². The summed E-state index contributed by atoms with van der Waals surface area (Å²) < 4.78 is 0. The highest BCUT2D eigenvalue weighted by Crippen LogP contribution is 2.33. The Bertz CT molecular complexity index is 2150. The van der Waals surface area contributed by atoms with Gasteiger partial charge in [0.2, 0.25) is 0 Å². The number of nitrogens with zero attached hydrogens (tertiary/aromatic N) is 2. The number of aryl methyl sites for hydroxylation is 2. The second-order valence-corrected chi connectivity index (χ2v) is 12.4. The first-order chi connectivity index (χ1) is 21.1. The molecule has 0 radical (unpaired) electrons. The molecule has 0 aliphatic heterocycles. The van der Waals surface area contributed by atoms with Gasteiger partial charge in [-0.15, -0.1) is 0 Å². The molecule has 0 spiro atoms. The lowest BCUT2D eigenvalue weighted by Crippen LogP contribution is -1.88. The van der Waals surface area contributed by atoms with Gasteiger partial charge in [-0.1, -0.05) is 108 Å². The smallest absolute Gasteiger partial charge is 0.0787 e. The van der Waals surface area contributed by atoms with Crippen molar-refractivity contribution < 1.29 is 0 Å². The number of pyridine rings is 2. The van der Waals surface area contributed by atoms with Crippen molar-refractivity contribution in [3.8, 4) is 22.5 Å². The molecule has 2 aromatic heterocycles. The van der Waals surface area contributed by atoms with E-state index in [0.717, 1.165) is 33.5 Å². The highest BCUT2D eigenvalue weighted by molar-refractivity contribution is 7.99. The molecule has 2 heterocycles.